The van der Waals surface area contributed by atoms with Gasteiger partial charge < -0.3 is 19.0 Å². The maximum absolute atomic E-state index is 12.8. The molecule has 1 aromatic carbocycles. The lowest BCUT2D eigenvalue weighted by molar-refractivity contribution is 0.0531. The van der Waals surface area contributed by atoms with Crippen molar-refractivity contribution in [1.29, 1.82) is 0 Å². The number of aromatic nitrogens is 5. The zero-order valence-corrected chi connectivity index (χ0v) is 20.5. The summed E-state index contributed by atoms with van der Waals surface area (Å²) >= 11 is 2.59. The number of rotatable bonds is 7. The van der Waals surface area contributed by atoms with Gasteiger partial charge in [-0.05, 0) is 38.5 Å². The molecule has 11 heteroatoms. The van der Waals surface area contributed by atoms with E-state index in [4.69, 9.17) is 9.47 Å². The molecular weight excluding hydrogens is 462 g/mol. The van der Waals surface area contributed by atoms with Crippen molar-refractivity contribution in [1.82, 2.24) is 24.7 Å². The largest absolute Gasteiger partial charge is 0.496 e. The number of esters is 1. The number of fused-ring (bicyclic) bond motifs is 1. The maximum atomic E-state index is 12.8. The van der Waals surface area contributed by atoms with Gasteiger partial charge in [0.15, 0.2) is 11.0 Å². The minimum atomic E-state index is -0.440. The molecule has 0 saturated heterocycles. The molecule has 0 bridgehead atoms. The molecule has 0 fully saturated rings. The van der Waals surface area contributed by atoms with Crippen LogP contribution in [0.25, 0.3) is 21.6 Å². The minimum absolute atomic E-state index is 0.219. The van der Waals surface area contributed by atoms with E-state index in [1.54, 1.807) is 21.0 Å². The zero-order chi connectivity index (χ0) is 23.7. The summed E-state index contributed by atoms with van der Waals surface area (Å²) in [6, 6.07) is 7.61. The minimum Gasteiger partial charge on any atom is -0.496 e. The first kappa shape index (κ1) is 23.0. The van der Waals surface area contributed by atoms with Crippen LogP contribution in [-0.4, -0.2) is 44.4 Å². The van der Waals surface area contributed by atoms with Gasteiger partial charge in [-0.15, -0.1) is 21.5 Å². The molecule has 3 heterocycles. The maximum Gasteiger partial charge on any atom is 0.348 e. The predicted molar refractivity (Wildman–Crippen MR) is 128 cm³/mol. The van der Waals surface area contributed by atoms with Crippen LogP contribution in [0.3, 0.4) is 0 Å². The van der Waals surface area contributed by atoms with Gasteiger partial charge in [0.2, 0.25) is 0 Å². The molecule has 0 aliphatic heterocycles. The summed E-state index contributed by atoms with van der Waals surface area (Å²) in [4.78, 5) is 33.4. The van der Waals surface area contributed by atoms with Crippen molar-refractivity contribution in [2.75, 3.05) is 13.7 Å². The lowest BCUT2D eigenvalue weighted by Gasteiger charge is -2.11. The Morgan fingerprint density at radius 3 is 2.79 bits per heavy atom. The third kappa shape index (κ3) is 4.25. The van der Waals surface area contributed by atoms with Crippen LogP contribution in [0.1, 0.15) is 40.2 Å². The van der Waals surface area contributed by atoms with Crippen molar-refractivity contribution < 1.29 is 14.3 Å². The third-order valence-corrected chi connectivity index (χ3v) is 7.44. The summed E-state index contributed by atoms with van der Waals surface area (Å²) in [7, 11) is 3.50. The zero-order valence-electron chi connectivity index (χ0n) is 18.8. The molecule has 0 spiro atoms. The number of carbonyl (C=O) groups excluding carboxylic acids is 1. The fourth-order valence-electron chi connectivity index (χ4n) is 3.44. The van der Waals surface area contributed by atoms with E-state index >= 15 is 0 Å². The second-order valence-electron chi connectivity index (χ2n) is 7.23. The van der Waals surface area contributed by atoms with Gasteiger partial charge in [0.1, 0.15) is 21.3 Å². The quantitative estimate of drug-likeness (QED) is 0.307. The molecule has 0 radical (unpaired) electrons. The first-order valence-electron chi connectivity index (χ1n) is 10.3. The summed E-state index contributed by atoms with van der Waals surface area (Å²) < 4.78 is 12.4. The lowest BCUT2D eigenvalue weighted by Crippen LogP contribution is -2.13. The molecule has 0 aliphatic rings. The molecule has 0 saturated carbocycles. The molecule has 4 rings (SSSR count). The number of nitrogens with one attached hydrogen (secondary N) is 1. The van der Waals surface area contributed by atoms with Crippen molar-refractivity contribution in [3.05, 3.63) is 50.9 Å². The highest BCUT2D eigenvalue weighted by Gasteiger charge is 2.23. The van der Waals surface area contributed by atoms with Crippen LogP contribution in [0.15, 0.2) is 34.2 Å². The van der Waals surface area contributed by atoms with Crippen LogP contribution >= 0.6 is 23.1 Å². The highest BCUT2D eigenvalue weighted by molar-refractivity contribution is 7.99. The topological polar surface area (TPSA) is 112 Å². The van der Waals surface area contributed by atoms with Crippen molar-refractivity contribution in [3.63, 3.8) is 0 Å². The normalized spacial score (nSPS) is 12.2. The number of methoxy groups -OCH3 is 1. The Hall–Kier alpha value is -3.18. The molecule has 172 valence electrons. The highest BCUT2D eigenvalue weighted by atomic mass is 32.2. The van der Waals surface area contributed by atoms with Gasteiger partial charge >= 0.3 is 5.97 Å². The van der Waals surface area contributed by atoms with Crippen LogP contribution in [0.5, 0.6) is 5.75 Å². The van der Waals surface area contributed by atoms with E-state index in [-0.39, 0.29) is 17.4 Å². The SMILES string of the molecule is CCOC(=O)c1sc2nc(C(C)Sc3nnc(-c4ccccc4OC)n3C)[nH]c(=O)c2c1C. The van der Waals surface area contributed by atoms with Gasteiger partial charge in [0, 0.05) is 7.05 Å². The van der Waals surface area contributed by atoms with E-state index < -0.39 is 5.97 Å². The second-order valence-corrected chi connectivity index (χ2v) is 9.54. The molecule has 1 unspecified atom stereocenters. The van der Waals surface area contributed by atoms with Crippen molar-refractivity contribution in [2.24, 2.45) is 7.05 Å². The number of carbonyl (C=O) groups is 1. The van der Waals surface area contributed by atoms with Crippen LogP contribution < -0.4 is 10.3 Å². The van der Waals surface area contributed by atoms with Crippen LogP contribution in [0.2, 0.25) is 0 Å². The number of ether oxygens (including phenoxy) is 2. The fourth-order valence-corrected chi connectivity index (χ4v) is 5.39. The number of hydrogen-bond acceptors (Lipinski definition) is 9. The second kappa shape index (κ2) is 9.36. The number of benzene rings is 1. The summed E-state index contributed by atoms with van der Waals surface area (Å²) in [5.41, 5.74) is 1.14. The van der Waals surface area contributed by atoms with E-state index in [2.05, 4.69) is 20.2 Å². The smallest absolute Gasteiger partial charge is 0.348 e. The average molecular weight is 486 g/mol. The number of thioether (sulfide) groups is 1. The Kier molecular flexibility index (Phi) is 6.52. The van der Waals surface area contributed by atoms with Gasteiger partial charge in [0.25, 0.3) is 5.56 Å². The average Bonchev–Trinajstić information content (AvgIpc) is 3.33. The summed E-state index contributed by atoms with van der Waals surface area (Å²) in [5, 5.41) is 9.52. The molecule has 0 amide bonds. The predicted octanol–water partition coefficient (Wildman–Crippen LogP) is 4.13. The number of thiophene rings is 1. The molecular formula is C22H23N5O4S2. The molecule has 4 aromatic rings. The van der Waals surface area contributed by atoms with Crippen molar-refractivity contribution in [2.45, 2.75) is 31.2 Å². The third-order valence-electron chi connectivity index (χ3n) is 5.13. The number of H-pyrrole nitrogens is 1. The van der Waals surface area contributed by atoms with Gasteiger partial charge in [-0.2, -0.15) is 0 Å². The van der Waals surface area contributed by atoms with E-state index in [0.717, 1.165) is 5.56 Å². The Bertz CT molecular complexity index is 1390. The monoisotopic (exact) mass is 485 g/mol. The number of hydrogen-bond donors (Lipinski definition) is 1. The molecule has 0 aliphatic carbocycles. The van der Waals surface area contributed by atoms with Gasteiger partial charge in [-0.25, -0.2) is 9.78 Å². The van der Waals surface area contributed by atoms with Gasteiger partial charge in [-0.1, -0.05) is 23.9 Å². The number of para-hydroxylation sites is 1. The Morgan fingerprint density at radius 1 is 1.30 bits per heavy atom. The molecule has 1 N–H and O–H groups in total. The summed E-state index contributed by atoms with van der Waals surface area (Å²) in [6.07, 6.45) is 0. The Labute approximate surface area is 198 Å². The number of nitrogens with zero attached hydrogens (tertiary/aromatic N) is 4. The van der Waals surface area contributed by atoms with Crippen molar-refractivity contribution >= 4 is 39.3 Å². The molecule has 1 atom stereocenters. The summed E-state index contributed by atoms with van der Waals surface area (Å²) in [5.74, 6) is 1.44. The Balaban J connectivity index is 1.65. The van der Waals surface area contributed by atoms with Gasteiger partial charge in [-0.3, -0.25) is 4.79 Å². The fraction of sp³-hybridized carbons (Fsp3) is 0.318. The lowest BCUT2D eigenvalue weighted by atomic mass is 10.2. The van der Waals surface area contributed by atoms with E-state index in [9.17, 15) is 9.59 Å². The van der Waals surface area contributed by atoms with E-state index in [1.165, 1.54) is 23.1 Å². The van der Waals surface area contributed by atoms with E-state index in [1.807, 2.05) is 42.8 Å². The first-order chi connectivity index (χ1) is 15.8. The standard InChI is InChI=1S/C22H23N5O4S2/c1-6-31-21(29)16-11(2)15-19(28)23-17(24-20(15)33-16)12(3)32-22-26-25-18(27(22)4)13-9-7-8-10-14(13)30-5/h7-10,12H,6H2,1-5H3,(H,23,24,28). The number of aryl methyl sites for hydroxylation is 1. The van der Waals surface area contributed by atoms with Crippen LogP contribution in [0.4, 0.5) is 0 Å². The van der Waals surface area contributed by atoms with Crippen LogP contribution in [-0.2, 0) is 11.8 Å². The molecule has 9 nitrogen and oxygen atoms in total. The van der Waals surface area contributed by atoms with Crippen molar-refractivity contribution in [3.8, 4) is 17.1 Å². The molecule has 33 heavy (non-hydrogen) atoms. The van der Waals surface area contributed by atoms with E-state index in [0.29, 0.717) is 43.2 Å². The summed E-state index contributed by atoms with van der Waals surface area (Å²) in [6.45, 7) is 5.68. The molecule has 3 aromatic heterocycles. The number of aromatic amines is 1. The Morgan fingerprint density at radius 2 is 2.06 bits per heavy atom. The highest BCUT2D eigenvalue weighted by Crippen LogP contribution is 2.36. The van der Waals surface area contributed by atoms with Crippen LogP contribution in [0, 0.1) is 6.92 Å². The first-order valence-corrected chi connectivity index (χ1v) is 11.9. The van der Waals surface area contributed by atoms with Gasteiger partial charge in [0.05, 0.1) is 29.9 Å².